The molecule has 7 nitrogen and oxygen atoms in total. The number of hydrogen-bond donors (Lipinski definition) is 1. The van der Waals surface area contributed by atoms with Crippen molar-refractivity contribution in [2.24, 2.45) is 0 Å². The van der Waals surface area contributed by atoms with Gasteiger partial charge in [-0.2, -0.15) is 5.10 Å². The number of rotatable bonds is 7. The topological polar surface area (TPSA) is 84.3 Å². The smallest absolute Gasteiger partial charge is 0.253 e. The molecule has 30 heavy (non-hydrogen) atoms. The minimum Gasteiger partial charge on any atom is -0.337 e. The van der Waals surface area contributed by atoms with Crippen LogP contribution in [0.5, 0.6) is 0 Å². The first kappa shape index (κ1) is 21.7. The van der Waals surface area contributed by atoms with Crippen molar-refractivity contribution in [1.82, 2.24) is 19.4 Å². The third kappa shape index (κ3) is 4.44. The first-order valence-electron chi connectivity index (χ1n) is 9.70. The Morgan fingerprint density at radius 2 is 1.80 bits per heavy atom. The van der Waals surface area contributed by atoms with E-state index in [-0.39, 0.29) is 17.3 Å². The average Bonchev–Trinajstić information content (AvgIpc) is 3.02. The van der Waals surface area contributed by atoms with Gasteiger partial charge >= 0.3 is 0 Å². The average molecular weight is 427 g/mol. The summed E-state index contributed by atoms with van der Waals surface area (Å²) in [6.45, 7) is 6.26. The molecular formula is C22H26N4O3S. The molecule has 0 saturated heterocycles. The molecule has 158 valence electrons. The summed E-state index contributed by atoms with van der Waals surface area (Å²) in [5.74, 6) is -0.255. The van der Waals surface area contributed by atoms with Crippen LogP contribution in [0.25, 0.3) is 5.69 Å². The Morgan fingerprint density at radius 3 is 2.47 bits per heavy atom. The number of nitrogens with zero attached hydrogens (tertiary/aromatic N) is 3. The summed E-state index contributed by atoms with van der Waals surface area (Å²) in [4.78, 5) is 14.6. The van der Waals surface area contributed by atoms with Crippen molar-refractivity contribution in [3.8, 4) is 5.69 Å². The van der Waals surface area contributed by atoms with E-state index in [1.807, 2.05) is 48.9 Å². The largest absolute Gasteiger partial charge is 0.337 e. The van der Waals surface area contributed by atoms with Gasteiger partial charge in [-0.15, -0.1) is 0 Å². The zero-order chi connectivity index (χ0) is 21.9. The van der Waals surface area contributed by atoms with E-state index >= 15 is 0 Å². The number of aryl methyl sites for hydroxylation is 1. The summed E-state index contributed by atoms with van der Waals surface area (Å²) >= 11 is 0. The number of hydrogen-bond acceptors (Lipinski definition) is 4. The predicted molar refractivity (Wildman–Crippen MR) is 116 cm³/mol. The van der Waals surface area contributed by atoms with Crippen molar-refractivity contribution in [2.75, 3.05) is 13.6 Å². The number of aromatic nitrogens is 2. The molecule has 0 radical (unpaired) electrons. The van der Waals surface area contributed by atoms with Crippen LogP contribution in [-0.2, 0) is 16.6 Å². The molecule has 0 aliphatic carbocycles. The molecule has 0 atom stereocenters. The lowest BCUT2D eigenvalue weighted by Crippen LogP contribution is -2.27. The van der Waals surface area contributed by atoms with Gasteiger partial charge < -0.3 is 4.90 Å². The molecule has 1 amide bonds. The zero-order valence-electron chi connectivity index (χ0n) is 17.6. The number of sulfonamides is 1. The van der Waals surface area contributed by atoms with Crippen LogP contribution < -0.4 is 4.72 Å². The lowest BCUT2D eigenvalue weighted by Gasteiger charge is -2.18. The van der Waals surface area contributed by atoms with Crippen molar-refractivity contribution < 1.29 is 13.2 Å². The molecule has 8 heteroatoms. The highest BCUT2D eigenvalue weighted by molar-refractivity contribution is 7.89. The number of carbonyl (C=O) groups is 1. The molecule has 1 heterocycles. The molecule has 0 bridgehead atoms. The first-order chi connectivity index (χ1) is 14.2. The molecule has 3 rings (SSSR count). The second-order valence-corrected chi connectivity index (χ2v) is 8.85. The van der Waals surface area contributed by atoms with Crippen molar-refractivity contribution in [2.45, 2.75) is 32.2 Å². The molecule has 0 aliphatic rings. The van der Waals surface area contributed by atoms with E-state index in [9.17, 15) is 13.2 Å². The maximum atomic E-state index is 13.0. The fraction of sp³-hybridized carbons (Fsp3) is 0.273. The molecule has 0 aliphatic heterocycles. The number of para-hydroxylation sites is 1. The van der Waals surface area contributed by atoms with Gasteiger partial charge in [-0.1, -0.05) is 31.2 Å². The van der Waals surface area contributed by atoms with E-state index in [2.05, 4.69) is 9.82 Å². The molecule has 0 saturated carbocycles. The van der Waals surface area contributed by atoms with Gasteiger partial charge in [0, 0.05) is 37.0 Å². The quantitative estimate of drug-likeness (QED) is 0.629. The number of carbonyl (C=O) groups excluding carboxylic acids is 1. The van der Waals surface area contributed by atoms with Gasteiger partial charge in [-0.25, -0.2) is 17.8 Å². The molecule has 0 spiro atoms. The van der Waals surface area contributed by atoms with E-state index in [0.29, 0.717) is 12.1 Å². The number of amides is 1. The maximum absolute atomic E-state index is 13.0. The molecule has 2 aromatic carbocycles. The minimum atomic E-state index is -3.63. The third-order valence-corrected chi connectivity index (χ3v) is 6.45. The molecular weight excluding hydrogens is 400 g/mol. The number of nitrogens with one attached hydrogen (secondary N) is 1. The van der Waals surface area contributed by atoms with E-state index in [1.54, 1.807) is 31.0 Å². The monoisotopic (exact) mass is 426 g/mol. The molecule has 0 unspecified atom stereocenters. The van der Waals surface area contributed by atoms with Crippen molar-refractivity contribution in [3.05, 3.63) is 77.1 Å². The zero-order valence-corrected chi connectivity index (χ0v) is 18.4. The Morgan fingerprint density at radius 1 is 1.10 bits per heavy atom. The lowest BCUT2D eigenvalue weighted by molar-refractivity contribution is 0.0784. The van der Waals surface area contributed by atoms with Gasteiger partial charge in [0.15, 0.2) is 0 Å². The summed E-state index contributed by atoms with van der Waals surface area (Å²) in [6, 6.07) is 15.9. The van der Waals surface area contributed by atoms with Gasteiger partial charge in [-0.05, 0) is 44.2 Å². The second kappa shape index (κ2) is 8.81. The Bertz CT molecular complexity index is 1150. The van der Waals surface area contributed by atoms with Crippen LogP contribution in [0.1, 0.15) is 34.2 Å². The van der Waals surface area contributed by atoms with E-state index in [0.717, 1.165) is 22.6 Å². The summed E-state index contributed by atoms with van der Waals surface area (Å²) in [5.41, 5.74) is 4.05. The highest BCUT2D eigenvalue weighted by Crippen LogP contribution is 2.20. The summed E-state index contributed by atoms with van der Waals surface area (Å²) in [7, 11) is -1.92. The van der Waals surface area contributed by atoms with E-state index in [1.165, 1.54) is 12.1 Å². The SMILES string of the molecule is CCNS(=O)(=O)c1cccc(C(=O)N(C)Cc2c(C)nn(-c3ccccc3)c2C)c1. The van der Waals surface area contributed by atoms with Crippen LogP contribution in [-0.4, -0.2) is 42.6 Å². The van der Waals surface area contributed by atoms with E-state index < -0.39 is 10.0 Å². The second-order valence-electron chi connectivity index (χ2n) is 7.09. The predicted octanol–water partition coefficient (Wildman–Crippen LogP) is 3.06. The van der Waals surface area contributed by atoms with Gasteiger partial charge in [0.2, 0.25) is 10.0 Å². The highest BCUT2D eigenvalue weighted by atomic mass is 32.2. The van der Waals surface area contributed by atoms with Gasteiger partial charge in [-0.3, -0.25) is 4.79 Å². The van der Waals surface area contributed by atoms with Crippen molar-refractivity contribution in [3.63, 3.8) is 0 Å². The lowest BCUT2D eigenvalue weighted by atomic mass is 10.1. The molecule has 1 aromatic heterocycles. The van der Waals surface area contributed by atoms with Crippen LogP contribution in [0.3, 0.4) is 0 Å². The molecule has 1 N–H and O–H groups in total. The van der Waals surface area contributed by atoms with Gasteiger partial charge in [0.25, 0.3) is 5.91 Å². The Kier molecular flexibility index (Phi) is 6.38. The van der Waals surface area contributed by atoms with Crippen LogP contribution in [0.4, 0.5) is 0 Å². The van der Waals surface area contributed by atoms with Crippen molar-refractivity contribution in [1.29, 1.82) is 0 Å². The first-order valence-corrected chi connectivity index (χ1v) is 11.2. The van der Waals surface area contributed by atoms with Crippen LogP contribution in [0, 0.1) is 13.8 Å². The van der Waals surface area contributed by atoms with Crippen LogP contribution in [0.15, 0.2) is 59.5 Å². The summed E-state index contributed by atoms with van der Waals surface area (Å²) < 4.78 is 28.8. The Labute approximate surface area is 177 Å². The summed E-state index contributed by atoms with van der Waals surface area (Å²) in [5, 5.41) is 4.62. The molecule has 3 aromatic rings. The fourth-order valence-electron chi connectivity index (χ4n) is 3.32. The fourth-order valence-corrected chi connectivity index (χ4v) is 4.41. The molecule has 0 fully saturated rings. The minimum absolute atomic E-state index is 0.0767. The Hall–Kier alpha value is -2.97. The third-order valence-electron chi connectivity index (χ3n) is 4.91. The van der Waals surface area contributed by atoms with Crippen LogP contribution >= 0.6 is 0 Å². The van der Waals surface area contributed by atoms with Crippen molar-refractivity contribution >= 4 is 15.9 Å². The standard InChI is InChI=1S/C22H26N4O3S/c1-5-23-30(28,29)20-13-9-10-18(14-20)22(27)25(4)15-21-16(2)24-26(17(21)3)19-11-7-6-8-12-19/h6-14,23H,5,15H2,1-4H3. The van der Waals surface area contributed by atoms with Gasteiger partial charge in [0.1, 0.15) is 0 Å². The van der Waals surface area contributed by atoms with E-state index in [4.69, 9.17) is 0 Å². The highest BCUT2D eigenvalue weighted by Gasteiger charge is 2.20. The van der Waals surface area contributed by atoms with Crippen LogP contribution in [0.2, 0.25) is 0 Å². The normalized spacial score (nSPS) is 11.5. The van der Waals surface area contributed by atoms with Gasteiger partial charge in [0.05, 0.1) is 16.3 Å². The Balaban J connectivity index is 1.85. The number of benzene rings is 2. The summed E-state index contributed by atoms with van der Waals surface area (Å²) in [6.07, 6.45) is 0. The maximum Gasteiger partial charge on any atom is 0.253 e.